The highest BCUT2D eigenvalue weighted by Gasteiger charge is 2.20. The molecule has 2 aliphatic rings. The van der Waals surface area contributed by atoms with Crippen molar-refractivity contribution in [2.75, 3.05) is 32.9 Å². The van der Waals surface area contributed by atoms with E-state index in [9.17, 15) is 5.26 Å². The van der Waals surface area contributed by atoms with Crippen LogP contribution in [-0.4, -0.2) is 52.8 Å². The van der Waals surface area contributed by atoms with Crippen LogP contribution in [0.15, 0.2) is 54.4 Å². The Balaban J connectivity index is 1.39. The van der Waals surface area contributed by atoms with Crippen LogP contribution in [0.25, 0.3) is 22.3 Å². The van der Waals surface area contributed by atoms with Crippen LogP contribution in [0.3, 0.4) is 0 Å². The lowest BCUT2D eigenvalue weighted by atomic mass is 9.98. The number of ether oxygens (including phenoxy) is 2. The molecule has 174 valence electrons. The van der Waals surface area contributed by atoms with Gasteiger partial charge < -0.3 is 19.4 Å². The van der Waals surface area contributed by atoms with Gasteiger partial charge in [-0.25, -0.2) is 9.97 Å². The van der Waals surface area contributed by atoms with Crippen molar-refractivity contribution >= 4 is 11.2 Å². The molecule has 1 saturated heterocycles. The van der Waals surface area contributed by atoms with E-state index in [2.05, 4.69) is 46.1 Å². The van der Waals surface area contributed by atoms with Gasteiger partial charge in [-0.1, -0.05) is 31.6 Å². The molecule has 3 aromatic rings. The van der Waals surface area contributed by atoms with Crippen molar-refractivity contribution in [2.45, 2.75) is 32.1 Å². The Hall–Kier alpha value is -3.63. The fourth-order valence-corrected chi connectivity index (χ4v) is 4.45. The zero-order valence-corrected chi connectivity index (χ0v) is 19.5. The Morgan fingerprint density at radius 3 is 2.91 bits per heavy atom. The predicted octanol–water partition coefficient (Wildman–Crippen LogP) is 4.94. The highest BCUT2D eigenvalue weighted by Crippen LogP contribution is 2.33. The van der Waals surface area contributed by atoms with Gasteiger partial charge in [0.25, 0.3) is 0 Å². The number of unbranched alkanes of at least 4 members (excludes halogenated alkanes) is 1. The van der Waals surface area contributed by atoms with Crippen LogP contribution in [0.1, 0.15) is 43.5 Å². The normalized spacial score (nSPS) is 18.1. The van der Waals surface area contributed by atoms with Gasteiger partial charge >= 0.3 is 0 Å². The van der Waals surface area contributed by atoms with E-state index in [4.69, 9.17) is 14.5 Å². The van der Waals surface area contributed by atoms with E-state index < -0.39 is 0 Å². The number of rotatable bonds is 7. The average molecular weight is 456 g/mol. The second kappa shape index (κ2) is 10.1. The van der Waals surface area contributed by atoms with E-state index in [-0.39, 0.29) is 5.92 Å². The Morgan fingerprint density at radius 2 is 2.15 bits per heavy atom. The molecule has 1 atom stereocenters. The number of nitrogens with one attached hydrogen (secondary N) is 1. The number of nitrogens with zero attached hydrogens (tertiary/aromatic N) is 4. The Kier molecular flexibility index (Phi) is 6.59. The molecule has 5 rings (SSSR count). The number of aromatic amines is 1. The second-order valence-electron chi connectivity index (χ2n) is 8.63. The Labute approximate surface area is 199 Å². The minimum atomic E-state index is 0.177. The molecule has 7 nitrogen and oxygen atoms in total. The summed E-state index contributed by atoms with van der Waals surface area (Å²) in [6.45, 7) is 6.17. The number of hydrogen-bond acceptors (Lipinski definition) is 6. The largest absolute Gasteiger partial charge is 0.492 e. The van der Waals surface area contributed by atoms with Crippen LogP contribution >= 0.6 is 0 Å². The van der Waals surface area contributed by atoms with Gasteiger partial charge in [0.2, 0.25) is 0 Å². The lowest BCUT2D eigenvalue weighted by molar-refractivity contribution is 0.0551. The molecule has 1 unspecified atom stereocenters. The quantitative estimate of drug-likeness (QED) is 0.508. The number of nitriles is 1. The first-order valence-electron chi connectivity index (χ1n) is 12.0. The van der Waals surface area contributed by atoms with Gasteiger partial charge in [-0.2, -0.15) is 5.26 Å². The first kappa shape index (κ1) is 22.2. The monoisotopic (exact) mass is 455 g/mol. The molecule has 1 aromatic carbocycles. The maximum absolute atomic E-state index is 9.66. The molecule has 1 aliphatic carbocycles. The summed E-state index contributed by atoms with van der Waals surface area (Å²) in [5.41, 5.74) is 5.29. The van der Waals surface area contributed by atoms with Gasteiger partial charge in [-0.05, 0) is 42.7 Å². The maximum Gasteiger partial charge on any atom is 0.178 e. The van der Waals surface area contributed by atoms with Crippen LogP contribution in [-0.2, 0) is 4.74 Å². The summed E-state index contributed by atoms with van der Waals surface area (Å²) in [5.74, 6) is 1.71. The molecule has 0 bridgehead atoms. The third-order valence-corrected chi connectivity index (χ3v) is 6.38. The van der Waals surface area contributed by atoms with E-state index in [0.29, 0.717) is 23.6 Å². The van der Waals surface area contributed by atoms with Crippen LogP contribution in [0.2, 0.25) is 0 Å². The van der Waals surface area contributed by atoms with E-state index in [1.807, 2.05) is 24.3 Å². The summed E-state index contributed by atoms with van der Waals surface area (Å²) >= 11 is 0. The number of pyridine rings is 1. The van der Waals surface area contributed by atoms with Crippen LogP contribution < -0.4 is 4.74 Å². The van der Waals surface area contributed by atoms with Crippen LogP contribution in [0.4, 0.5) is 0 Å². The highest BCUT2D eigenvalue weighted by molar-refractivity contribution is 5.90. The molecule has 0 saturated carbocycles. The molecule has 1 N–H and O–H groups in total. The van der Waals surface area contributed by atoms with Crippen molar-refractivity contribution < 1.29 is 9.47 Å². The fourth-order valence-electron chi connectivity index (χ4n) is 4.45. The maximum atomic E-state index is 9.66. The summed E-state index contributed by atoms with van der Waals surface area (Å²) in [6.07, 6.45) is 11.4. The van der Waals surface area contributed by atoms with Crippen LogP contribution in [0.5, 0.6) is 5.75 Å². The molecule has 2 aromatic heterocycles. The predicted molar refractivity (Wildman–Crippen MR) is 131 cm³/mol. The van der Waals surface area contributed by atoms with Crippen molar-refractivity contribution in [3.63, 3.8) is 0 Å². The van der Waals surface area contributed by atoms with Crippen molar-refractivity contribution in [1.29, 1.82) is 5.26 Å². The molecule has 0 spiro atoms. The van der Waals surface area contributed by atoms with E-state index in [1.165, 1.54) is 5.70 Å². The van der Waals surface area contributed by atoms with E-state index in [1.54, 1.807) is 6.20 Å². The number of allylic oxidation sites excluding steroid dienone is 3. The number of aromatic nitrogens is 3. The average Bonchev–Trinajstić information content (AvgIpc) is 3.34. The smallest absolute Gasteiger partial charge is 0.178 e. The number of imidazole rings is 1. The molecule has 0 amide bonds. The first-order valence-corrected chi connectivity index (χ1v) is 12.0. The zero-order chi connectivity index (χ0) is 23.3. The molecular formula is C27H29N5O2. The van der Waals surface area contributed by atoms with Gasteiger partial charge in [0.05, 0.1) is 30.9 Å². The number of hydrogen-bond donors (Lipinski definition) is 1. The number of morpholine rings is 1. The summed E-state index contributed by atoms with van der Waals surface area (Å²) in [5, 5.41) is 9.66. The lowest BCUT2D eigenvalue weighted by Gasteiger charge is -2.31. The standard InChI is InChI=1S/C27H29N5O2/c1-2-3-14-34-24-9-6-20(17-21(24)18-28)23-10-11-29-27-25(23)30-26(31-27)19-4-7-22(8-5-19)32-12-15-33-16-13-32/h4,6-11,17,19H,2-3,5,12-16H2,1H3,(H,29,30,31). The molecular weight excluding hydrogens is 426 g/mol. The van der Waals surface area contributed by atoms with Crippen LogP contribution in [0, 0.1) is 11.3 Å². The number of H-pyrrole nitrogens is 1. The summed E-state index contributed by atoms with van der Waals surface area (Å²) in [7, 11) is 0. The van der Waals surface area contributed by atoms with E-state index >= 15 is 0 Å². The van der Waals surface area contributed by atoms with E-state index in [0.717, 1.165) is 68.0 Å². The minimum absolute atomic E-state index is 0.177. The Morgan fingerprint density at radius 1 is 1.26 bits per heavy atom. The SMILES string of the molecule is CCCCOc1ccc(-c2ccnc3nc(C4C=CC(N5CCOCC5)=CC4)[nH]c23)cc1C#N. The Bertz CT molecular complexity index is 1260. The zero-order valence-electron chi connectivity index (χ0n) is 19.5. The van der Waals surface area contributed by atoms with Gasteiger partial charge in [0.15, 0.2) is 5.65 Å². The molecule has 0 radical (unpaired) electrons. The van der Waals surface area contributed by atoms with Crippen molar-refractivity contribution in [3.8, 4) is 22.9 Å². The van der Waals surface area contributed by atoms with Gasteiger partial charge in [-0.3, -0.25) is 0 Å². The second-order valence-corrected chi connectivity index (χ2v) is 8.63. The van der Waals surface area contributed by atoms with Crippen molar-refractivity contribution in [2.24, 2.45) is 0 Å². The third-order valence-electron chi connectivity index (χ3n) is 6.38. The molecule has 1 aliphatic heterocycles. The van der Waals surface area contributed by atoms with Gasteiger partial charge in [-0.15, -0.1) is 0 Å². The third kappa shape index (κ3) is 4.55. The topological polar surface area (TPSA) is 87.1 Å². The summed E-state index contributed by atoms with van der Waals surface area (Å²) in [6, 6.07) is 10.0. The molecule has 7 heteroatoms. The van der Waals surface area contributed by atoms with Gasteiger partial charge in [0.1, 0.15) is 17.6 Å². The summed E-state index contributed by atoms with van der Waals surface area (Å²) < 4.78 is 11.3. The summed E-state index contributed by atoms with van der Waals surface area (Å²) in [4.78, 5) is 15.2. The molecule has 1 fully saturated rings. The van der Waals surface area contributed by atoms with Crippen molar-refractivity contribution in [3.05, 3.63) is 65.8 Å². The first-order chi connectivity index (χ1) is 16.8. The molecule has 34 heavy (non-hydrogen) atoms. The van der Waals surface area contributed by atoms with Crippen molar-refractivity contribution in [1.82, 2.24) is 19.9 Å². The minimum Gasteiger partial charge on any atom is -0.492 e. The fraction of sp³-hybridized carbons (Fsp3) is 0.370. The van der Waals surface area contributed by atoms with Gasteiger partial charge in [0, 0.05) is 36.5 Å². The number of benzene rings is 1. The highest BCUT2D eigenvalue weighted by atomic mass is 16.5. The lowest BCUT2D eigenvalue weighted by Crippen LogP contribution is -2.35. The number of fused-ring (bicyclic) bond motifs is 1. The molecule has 3 heterocycles.